The molecule has 5 heteroatoms. The summed E-state index contributed by atoms with van der Waals surface area (Å²) in [4.78, 5) is 16.6. The van der Waals surface area contributed by atoms with Crippen molar-refractivity contribution in [3.8, 4) is 0 Å². The van der Waals surface area contributed by atoms with Crippen molar-refractivity contribution in [2.75, 3.05) is 13.2 Å². The summed E-state index contributed by atoms with van der Waals surface area (Å²) in [6.07, 6.45) is 3.89. The zero-order chi connectivity index (χ0) is 15.4. The van der Waals surface area contributed by atoms with E-state index in [9.17, 15) is 4.79 Å². The number of nitrogens with zero attached hydrogens (tertiary/aromatic N) is 1. The van der Waals surface area contributed by atoms with E-state index in [4.69, 9.17) is 4.74 Å². The summed E-state index contributed by atoms with van der Waals surface area (Å²) in [6, 6.07) is 8.15. The number of nitrogens with one attached hydrogen (secondary N) is 1. The predicted molar refractivity (Wildman–Crippen MR) is 89.3 cm³/mol. The highest BCUT2D eigenvalue weighted by molar-refractivity contribution is 7.18. The number of carbonyl (C=O) groups is 1. The number of hydrogen-bond acceptors (Lipinski definition) is 4. The molecule has 0 unspecified atom stereocenters. The van der Waals surface area contributed by atoms with Crippen LogP contribution in [0.4, 0.5) is 0 Å². The van der Waals surface area contributed by atoms with E-state index >= 15 is 0 Å². The van der Waals surface area contributed by atoms with Crippen molar-refractivity contribution < 1.29 is 9.53 Å². The number of fused-ring (bicyclic) bond motifs is 1. The van der Waals surface area contributed by atoms with Gasteiger partial charge in [0.1, 0.15) is 0 Å². The molecule has 3 rings (SSSR count). The minimum absolute atomic E-state index is 0.114. The van der Waals surface area contributed by atoms with Crippen molar-refractivity contribution in [1.82, 2.24) is 10.3 Å². The first-order chi connectivity index (χ1) is 10.7. The summed E-state index contributed by atoms with van der Waals surface area (Å²) in [6.45, 7) is 3.60. The Balaban J connectivity index is 1.46. The maximum Gasteiger partial charge on any atom is 0.220 e. The van der Waals surface area contributed by atoms with Crippen LogP contribution in [0.25, 0.3) is 10.2 Å². The van der Waals surface area contributed by atoms with Crippen LogP contribution in [0.3, 0.4) is 0 Å². The minimum Gasteiger partial charge on any atom is -0.378 e. The molecule has 1 aromatic heterocycles. The maximum absolute atomic E-state index is 11.9. The Morgan fingerprint density at radius 3 is 3.14 bits per heavy atom. The van der Waals surface area contributed by atoms with E-state index in [0.29, 0.717) is 13.0 Å². The van der Waals surface area contributed by atoms with Gasteiger partial charge in [0.15, 0.2) is 0 Å². The van der Waals surface area contributed by atoms with E-state index in [1.807, 2.05) is 18.2 Å². The summed E-state index contributed by atoms with van der Waals surface area (Å²) in [7, 11) is 0. The van der Waals surface area contributed by atoms with Crippen molar-refractivity contribution in [3.63, 3.8) is 0 Å². The Morgan fingerprint density at radius 1 is 1.50 bits per heavy atom. The quantitative estimate of drug-likeness (QED) is 0.887. The average molecular weight is 318 g/mol. The number of benzene rings is 1. The fourth-order valence-electron chi connectivity index (χ4n) is 2.71. The van der Waals surface area contributed by atoms with Crippen LogP contribution in [0.5, 0.6) is 0 Å². The maximum atomic E-state index is 11.9. The normalized spacial score (nSPS) is 19.4. The molecular formula is C17H22N2O2S. The molecule has 2 aromatic rings. The number of ether oxygens (including phenoxy) is 1. The van der Waals surface area contributed by atoms with Gasteiger partial charge in [-0.2, -0.15) is 0 Å². The van der Waals surface area contributed by atoms with Crippen molar-refractivity contribution >= 4 is 27.5 Å². The van der Waals surface area contributed by atoms with Crippen LogP contribution in [0, 0.1) is 0 Å². The molecule has 1 aromatic carbocycles. The molecule has 1 fully saturated rings. The van der Waals surface area contributed by atoms with Gasteiger partial charge in [-0.15, -0.1) is 11.3 Å². The lowest BCUT2D eigenvalue weighted by Gasteiger charge is -2.12. The third-order valence-electron chi connectivity index (χ3n) is 4.05. The van der Waals surface area contributed by atoms with Crippen molar-refractivity contribution in [1.29, 1.82) is 0 Å². The summed E-state index contributed by atoms with van der Waals surface area (Å²) in [5, 5.41) is 4.11. The van der Waals surface area contributed by atoms with Gasteiger partial charge in [-0.1, -0.05) is 19.1 Å². The first-order valence-electron chi connectivity index (χ1n) is 7.96. The van der Waals surface area contributed by atoms with Gasteiger partial charge in [0.05, 0.1) is 21.3 Å². The van der Waals surface area contributed by atoms with Crippen molar-refractivity contribution in [2.45, 2.75) is 44.6 Å². The highest BCUT2D eigenvalue weighted by Crippen LogP contribution is 2.26. The SMILES string of the molecule is C[C@@H](CNC(=O)CC[C@H]1CCCO1)c1nc2ccccc2s1. The monoisotopic (exact) mass is 318 g/mol. The number of para-hydroxylation sites is 1. The lowest BCUT2D eigenvalue weighted by Crippen LogP contribution is -2.28. The zero-order valence-corrected chi connectivity index (χ0v) is 13.7. The van der Waals surface area contributed by atoms with Gasteiger partial charge in [-0.3, -0.25) is 4.79 Å². The van der Waals surface area contributed by atoms with E-state index in [-0.39, 0.29) is 17.9 Å². The highest BCUT2D eigenvalue weighted by atomic mass is 32.1. The predicted octanol–water partition coefficient (Wildman–Crippen LogP) is 3.48. The van der Waals surface area contributed by atoms with Crippen LogP contribution in [0.2, 0.25) is 0 Å². The largest absolute Gasteiger partial charge is 0.378 e. The fraction of sp³-hybridized carbons (Fsp3) is 0.529. The third kappa shape index (κ3) is 3.84. The second-order valence-corrected chi connectivity index (χ2v) is 6.96. The van der Waals surface area contributed by atoms with Gasteiger partial charge in [-0.25, -0.2) is 4.98 Å². The van der Waals surface area contributed by atoms with E-state index in [1.54, 1.807) is 11.3 Å². The molecule has 1 N–H and O–H groups in total. The number of thiazole rings is 1. The molecule has 2 heterocycles. The number of amides is 1. The van der Waals surface area contributed by atoms with E-state index in [1.165, 1.54) is 4.70 Å². The van der Waals surface area contributed by atoms with Gasteiger partial charge in [0.25, 0.3) is 0 Å². The Hall–Kier alpha value is -1.46. The summed E-state index contributed by atoms with van der Waals surface area (Å²) in [5.74, 6) is 0.354. The van der Waals surface area contributed by atoms with Crippen LogP contribution in [0.15, 0.2) is 24.3 Å². The van der Waals surface area contributed by atoms with Crippen LogP contribution >= 0.6 is 11.3 Å². The van der Waals surface area contributed by atoms with E-state index in [0.717, 1.165) is 36.4 Å². The van der Waals surface area contributed by atoms with Crippen LogP contribution in [-0.4, -0.2) is 30.1 Å². The molecule has 0 radical (unpaired) electrons. The first kappa shape index (κ1) is 15.4. The molecule has 22 heavy (non-hydrogen) atoms. The molecule has 0 spiro atoms. The zero-order valence-electron chi connectivity index (χ0n) is 12.9. The number of carbonyl (C=O) groups excluding carboxylic acids is 1. The van der Waals surface area contributed by atoms with Crippen molar-refractivity contribution in [2.24, 2.45) is 0 Å². The molecule has 118 valence electrons. The minimum atomic E-state index is 0.114. The molecule has 0 bridgehead atoms. The van der Waals surface area contributed by atoms with Gasteiger partial charge in [-0.05, 0) is 31.4 Å². The Morgan fingerprint density at radius 2 is 2.36 bits per heavy atom. The molecule has 1 amide bonds. The Labute approximate surface area is 134 Å². The third-order valence-corrected chi connectivity index (χ3v) is 5.32. The van der Waals surface area contributed by atoms with Gasteiger partial charge < -0.3 is 10.1 Å². The topological polar surface area (TPSA) is 51.2 Å². The Bertz CT molecular complexity index is 601. The standard InChI is InChI=1S/C17H22N2O2S/c1-12(17-19-14-6-2-3-7-15(14)22-17)11-18-16(20)9-8-13-5-4-10-21-13/h2-3,6-7,12-13H,4-5,8-11H2,1H3,(H,18,20)/t12-,13+/m0/s1. The van der Waals surface area contributed by atoms with Gasteiger partial charge >= 0.3 is 0 Å². The summed E-state index contributed by atoms with van der Waals surface area (Å²) >= 11 is 1.71. The lowest BCUT2D eigenvalue weighted by molar-refractivity contribution is -0.121. The second-order valence-electron chi connectivity index (χ2n) is 5.90. The highest BCUT2D eigenvalue weighted by Gasteiger charge is 2.17. The number of hydrogen-bond donors (Lipinski definition) is 1. The number of aromatic nitrogens is 1. The Kier molecular flexibility index (Phi) is 5.05. The van der Waals surface area contributed by atoms with Gasteiger partial charge in [0, 0.05) is 25.5 Å². The molecule has 1 saturated heterocycles. The van der Waals surface area contributed by atoms with Gasteiger partial charge in [0.2, 0.25) is 5.91 Å². The number of rotatable bonds is 6. The fourth-order valence-corrected chi connectivity index (χ4v) is 3.73. The molecule has 0 saturated carbocycles. The second kappa shape index (κ2) is 7.20. The molecule has 1 aliphatic heterocycles. The first-order valence-corrected chi connectivity index (χ1v) is 8.78. The molecule has 2 atom stereocenters. The smallest absolute Gasteiger partial charge is 0.220 e. The molecule has 1 aliphatic rings. The molecule has 4 nitrogen and oxygen atoms in total. The van der Waals surface area contributed by atoms with Crippen LogP contribution < -0.4 is 5.32 Å². The van der Waals surface area contributed by atoms with Crippen molar-refractivity contribution in [3.05, 3.63) is 29.3 Å². The lowest BCUT2D eigenvalue weighted by atomic mass is 10.1. The van der Waals surface area contributed by atoms with E-state index in [2.05, 4.69) is 23.3 Å². The van der Waals surface area contributed by atoms with Crippen LogP contribution in [-0.2, 0) is 9.53 Å². The summed E-state index contributed by atoms with van der Waals surface area (Å²) < 4.78 is 6.75. The summed E-state index contributed by atoms with van der Waals surface area (Å²) in [5.41, 5.74) is 1.04. The molecular weight excluding hydrogens is 296 g/mol. The van der Waals surface area contributed by atoms with Crippen LogP contribution in [0.1, 0.15) is 43.5 Å². The average Bonchev–Trinajstić information content (AvgIpc) is 3.19. The molecule has 0 aliphatic carbocycles. The van der Waals surface area contributed by atoms with E-state index < -0.39 is 0 Å².